The van der Waals surface area contributed by atoms with Crippen LogP contribution in [0.4, 0.5) is 5.69 Å². The highest BCUT2D eigenvalue weighted by Crippen LogP contribution is 2.53. The fraction of sp³-hybridized carbons (Fsp3) is 0.381. The van der Waals surface area contributed by atoms with Gasteiger partial charge in [0.05, 0.1) is 18.9 Å². The van der Waals surface area contributed by atoms with Crippen LogP contribution in [-0.4, -0.2) is 71.9 Å². The van der Waals surface area contributed by atoms with Crippen LogP contribution in [0.15, 0.2) is 91.3 Å². The molecule has 1 spiro atoms. The first-order chi connectivity index (χ1) is 24.5. The molecule has 2 saturated heterocycles. The summed E-state index contributed by atoms with van der Waals surface area (Å²) in [7, 11) is 1.73. The number of anilines is 1. The lowest BCUT2D eigenvalue weighted by atomic mass is 9.59. The van der Waals surface area contributed by atoms with E-state index >= 15 is 0 Å². The molecule has 4 heterocycles. The number of H-pyrrole nitrogens is 1. The maximum atomic E-state index is 11.9. The summed E-state index contributed by atoms with van der Waals surface area (Å²) < 4.78 is 11.6. The van der Waals surface area contributed by atoms with E-state index in [0.717, 1.165) is 74.4 Å². The average Bonchev–Trinajstić information content (AvgIpc) is 3.62. The van der Waals surface area contributed by atoms with Crippen molar-refractivity contribution in [1.82, 2.24) is 19.8 Å². The highest BCUT2D eigenvalue weighted by Gasteiger charge is 2.50. The molecule has 2 aliphatic heterocycles. The second-order valence-electron chi connectivity index (χ2n) is 14.5. The predicted molar refractivity (Wildman–Crippen MR) is 198 cm³/mol. The molecule has 3 aliphatic rings. The summed E-state index contributed by atoms with van der Waals surface area (Å²) in [4.78, 5) is 27.4. The number of rotatable bonds is 10. The number of hydrogen-bond acceptors (Lipinski definition) is 7. The number of piperazine rings is 1. The van der Waals surface area contributed by atoms with Crippen molar-refractivity contribution in [2.75, 3.05) is 44.7 Å². The van der Waals surface area contributed by atoms with Crippen molar-refractivity contribution in [2.24, 2.45) is 5.41 Å². The van der Waals surface area contributed by atoms with Gasteiger partial charge in [-0.05, 0) is 90.6 Å². The van der Waals surface area contributed by atoms with Gasteiger partial charge in [0.15, 0.2) is 6.29 Å². The van der Waals surface area contributed by atoms with Crippen LogP contribution in [-0.2, 0) is 13.0 Å². The molecule has 5 aromatic rings. The lowest BCUT2D eigenvalue weighted by molar-refractivity contribution is -0.0627. The summed E-state index contributed by atoms with van der Waals surface area (Å²) in [5.41, 5.74) is 7.20. The van der Waals surface area contributed by atoms with Crippen molar-refractivity contribution in [3.05, 3.63) is 114 Å². The smallest absolute Gasteiger partial charge is 0.153 e. The molecule has 1 unspecified atom stereocenters. The quantitative estimate of drug-likeness (QED) is 0.151. The monoisotopic (exact) mass is 669 g/mol. The normalized spacial score (nSPS) is 19.8. The summed E-state index contributed by atoms with van der Waals surface area (Å²) in [6.07, 6.45) is 10.4. The Kier molecular flexibility index (Phi) is 9.06. The first-order valence-corrected chi connectivity index (χ1v) is 18.2. The number of aldehydes is 1. The second kappa shape index (κ2) is 13.9. The number of fused-ring (bicyclic) bond motifs is 1. The van der Waals surface area contributed by atoms with Crippen LogP contribution in [0.1, 0.15) is 65.7 Å². The van der Waals surface area contributed by atoms with E-state index in [1.807, 2.05) is 30.5 Å². The summed E-state index contributed by atoms with van der Waals surface area (Å²) in [5.74, 6) is 2.10. The first-order valence-electron chi connectivity index (χ1n) is 18.2. The van der Waals surface area contributed by atoms with Gasteiger partial charge in [-0.2, -0.15) is 0 Å². The molecule has 3 fully saturated rings. The first kappa shape index (κ1) is 32.5. The summed E-state index contributed by atoms with van der Waals surface area (Å²) in [6.45, 7) is 8.52. The van der Waals surface area contributed by atoms with Crippen LogP contribution in [0.3, 0.4) is 0 Å². The number of aryl methyl sites for hydroxylation is 1. The van der Waals surface area contributed by atoms with Gasteiger partial charge in [-0.3, -0.25) is 14.6 Å². The van der Waals surface area contributed by atoms with E-state index in [4.69, 9.17) is 9.47 Å². The molecule has 3 aromatic carbocycles. The van der Waals surface area contributed by atoms with Crippen molar-refractivity contribution in [3.63, 3.8) is 0 Å². The number of aromatic nitrogens is 2. The lowest BCUT2D eigenvalue weighted by Crippen LogP contribution is -2.59. The number of nitrogens with one attached hydrogen (secondary N) is 1. The Bertz CT molecular complexity index is 1940. The molecule has 8 heteroatoms. The van der Waals surface area contributed by atoms with Crippen LogP contribution < -0.4 is 14.4 Å². The molecule has 1 N–H and O–H groups in total. The summed E-state index contributed by atoms with van der Waals surface area (Å²) in [5, 5.41) is 0.975. The van der Waals surface area contributed by atoms with Crippen molar-refractivity contribution in [2.45, 2.75) is 57.7 Å². The number of ether oxygens (including phenoxy) is 2. The molecule has 1 atom stereocenters. The van der Waals surface area contributed by atoms with Crippen LogP contribution in [0.5, 0.6) is 17.2 Å². The van der Waals surface area contributed by atoms with E-state index in [1.54, 1.807) is 13.3 Å². The van der Waals surface area contributed by atoms with Gasteiger partial charge >= 0.3 is 0 Å². The Balaban J connectivity index is 0.928. The number of carbonyl (C=O) groups is 1. The van der Waals surface area contributed by atoms with Gasteiger partial charge < -0.3 is 19.4 Å². The third-order valence-corrected chi connectivity index (χ3v) is 11.6. The van der Waals surface area contributed by atoms with Crippen LogP contribution >= 0.6 is 0 Å². The predicted octanol–water partition coefficient (Wildman–Crippen LogP) is 8.05. The fourth-order valence-electron chi connectivity index (χ4n) is 8.71. The zero-order chi connectivity index (χ0) is 34.1. The van der Waals surface area contributed by atoms with Gasteiger partial charge in [0.1, 0.15) is 22.9 Å². The zero-order valence-electron chi connectivity index (χ0n) is 29.2. The van der Waals surface area contributed by atoms with Gasteiger partial charge in [0.2, 0.25) is 0 Å². The molecule has 8 rings (SSSR count). The number of methoxy groups -OCH3 is 1. The standard InChI is InChI=1S/C42H47N5O3/c1-3-31-6-4-5-7-38(31)39-28-45(27-30-8-12-36(49-2)13-9-30)20-21-47(39)35-24-42(25-35)15-18-46(19-16-42)34-11-10-33(29-48)40(23-34)50-37-22-32-14-17-43-41(32)44-26-37/h4-14,17,22-23,26,29,35,39H,3,15-16,18-21,24-25,27-28H2,1-2H3,(H,43,44). The van der Waals surface area contributed by atoms with E-state index < -0.39 is 0 Å². The highest BCUT2D eigenvalue weighted by molar-refractivity contribution is 5.81. The van der Waals surface area contributed by atoms with Gasteiger partial charge in [0, 0.05) is 74.7 Å². The van der Waals surface area contributed by atoms with Crippen molar-refractivity contribution >= 4 is 23.0 Å². The Morgan fingerprint density at radius 3 is 2.54 bits per heavy atom. The van der Waals surface area contributed by atoms with E-state index in [2.05, 4.69) is 86.2 Å². The van der Waals surface area contributed by atoms with Gasteiger partial charge in [-0.25, -0.2) is 4.98 Å². The van der Waals surface area contributed by atoms with Crippen LogP contribution in [0, 0.1) is 5.41 Å². The van der Waals surface area contributed by atoms with E-state index in [0.29, 0.717) is 34.6 Å². The summed E-state index contributed by atoms with van der Waals surface area (Å²) in [6, 6.07) is 28.6. The lowest BCUT2D eigenvalue weighted by Gasteiger charge is -2.58. The van der Waals surface area contributed by atoms with E-state index in [-0.39, 0.29) is 0 Å². The number of aromatic amines is 1. The number of piperidine rings is 1. The molecule has 1 aliphatic carbocycles. The minimum absolute atomic E-state index is 0.406. The zero-order valence-corrected chi connectivity index (χ0v) is 29.2. The Labute approximate surface area is 295 Å². The molecule has 1 saturated carbocycles. The topological polar surface area (TPSA) is 73.9 Å². The molecule has 0 amide bonds. The fourth-order valence-corrected chi connectivity index (χ4v) is 8.71. The van der Waals surface area contributed by atoms with Crippen LogP contribution in [0.2, 0.25) is 0 Å². The average molecular weight is 670 g/mol. The van der Waals surface area contributed by atoms with Crippen LogP contribution in [0.25, 0.3) is 11.0 Å². The molecular formula is C42H47N5O3. The van der Waals surface area contributed by atoms with Crippen molar-refractivity contribution < 1.29 is 14.3 Å². The third kappa shape index (κ3) is 6.50. The molecule has 8 nitrogen and oxygen atoms in total. The molecule has 0 bridgehead atoms. The number of pyridine rings is 1. The van der Waals surface area contributed by atoms with E-state index in [1.165, 1.54) is 42.4 Å². The second-order valence-corrected chi connectivity index (χ2v) is 14.5. The highest BCUT2D eigenvalue weighted by atomic mass is 16.5. The van der Waals surface area contributed by atoms with E-state index in [9.17, 15) is 4.79 Å². The van der Waals surface area contributed by atoms with Gasteiger partial charge in [0.25, 0.3) is 0 Å². The minimum Gasteiger partial charge on any atom is -0.497 e. The molecule has 258 valence electrons. The van der Waals surface area contributed by atoms with Gasteiger partial charge in [-0.1, -0.05) is 43.3 Å². The maximum absolute atomic E-state index is 11.9. The van der Waals surface area contributed by atoms with Gasteiger partial charge in [-0.15, -0.1) is 0 Å². The minimum atomic E-state index is 0.406. The molecule has 0 radical (unpaired) electrons. The Hall–Kier alpha value is -4.66. The Morgan fingerprint density at radius 2 is 1.76 bits per heavy atom. The number of benzene rings is 3. The van der Waals surface area contributed by atoms with Crippen molar-refractivity contribution in [3.8, 4) is 17.2 Å². The number of hydrogen-bond donors (Lipinski definition) is 1. The molecule has 2 aromatic heterocycles. The number of nitrogens with zero attached hydrogens (tertiary/aromatic N) is 4. The Morgan fingerprint density at radius 1 is 0.940 bits per heavy atom. The number of carbonyl (C=O) groups excluding carboxylic acids is 1. The maximum Gasteiger partial charge on any atom is 0.153 e. The van der Waals surface area contributed by atoms with Crippen molar-refractivity contribution in [1.29, 1.82) is 0 Å². The SMILES string of the molecule is CCc1ccccc1C1CN(Cc2ccc(OC)cc2)CCN1C1CC2(CCN(c3ccc(C=O)c(Oc4cnc5[nH]ccc5c4)c3)CC2)C1. The molecular weight excluding hydrogens is 622 g/mol. The largest absolute Gasteiger partial charge is 0.497 e. The summed E-state index contributed by atoms with van der Waals surface area (Å²) >= 11 is 0. The third-order valence-electron chi connectivity index (χ3n) is 11.6. The molecule has 50 heavy (non-hydrogen) atoms.